The molecule has 1 aromatic carbocycles. The van der Waals surface area contributed by atoms with Gasteiger partial charge in [0.15, 0.2) is 6.20 Å². The zero-order valence-electron chi connectivity index (χ0n) is 14.1. The third-order valence-electron chi connectivity index (χ3n) is 4.79. The zero-order chi connectivity index (χ0) is 16.2. The summed E-state index contributed by atoms with van der Waals surface area (Å²) in [5.41, 5.74) is 3.14. The van der Waals surface area contributed by atoms with Crippen LogP contribution in [0.1, 0.15) is 49.3 Å². The van der Waals surface area contributed by atoms with E-state index in [1.54, 1.807) is 0 Å². The molecule has 2 aromatic rings. The zero-order valence-corrected chi connectivity index (χ0v) is 14.1. The molecule has 1 aliphatic carbocycles. The van der Waals surface area contributed by atoms with Gasteiger partial charge in [-0.1, -0.05) is 37.5 Å². The molecule has 23 heavy (non-hydrogen) atoms. The van der Waals surface area contributed by atoms with Gasteiger partial charge in [-0.05, 0) is 37.8 Å². The maximum atomic E-state index is 12.5. The molecular weight excluding hydrogens is 286 g/mol. The second kappa shape index (κ2) is 6.99. The molecule has 1 heterocycles. The van der Waals surface area contributed by atoms with Gasteiger partial charge >= 0.3 is 0 Å². The number of aryl methyl sites for hydroxylation is 2. The minimum atomic E-state index is 0.0307. The van der Waals surface area contributed by atoms with Crippen LogP contribution in [0.2, 0.25) is 0 Å². The third kappa shape index (κ3) is 3.63. The molecule has 1 aliphatic rings. The molecular formula is C19H26N3O+. The lowest BCUT2D eigenvalue weighted by atomic mass is 9.96. The highest BCUT2D eigenvalue weighted by Crippen LogP contribution is 2.26. The molecule has 0 saturated heterocycles. The second-order valence-corrected chi connectivity index (χ2v) is 6.58. The Morgan fingerprint density at radius 2 is 1.87 bits per heavy atom. The molecule has 0 unspecified atom stereocenters. The normalized spacial score (nSPS) is 15.6. The van der Waals surface area contributed by atoms with E-state index in [0.29, 0.717) is 12.6 Å². The van der Waals surface area contributed by atoms with Crippen LogP contribution in [0.15, 0.2) is 36.7 Å². The van der Waals surface area contributed by atoms with E-state index in [9.17, 15) is 4.79 Å². The van der Waals surface area contributed by atoms with Crippen molar-refractivity contribution in [1.82, 2.24) is 4.68 Å². The fourth-order valence-electron chi connectivity index (χ4n) is 3.54. The van der Waals surface area contributed by atoms with Crippen LogP contribution in [0.4, 0.5) is 5.69 Å². The highest BCUT2D eigenvalue weighted by Gasteiger charge is 2.23. The Hall–Kier alpha value is -2.10. The lowest BCUT2D eigenvalue weighted by Crippen LogP contribution is -2.48. The molecule has 0 radical (unpaired) electrons. The Labute approximate surface area is 138 Å². The van der Waals surface area contributed by atoms with E-state index in [1.165, 1.54) is 32.1 Å². The monoisotopic (exact) mass is 312 g/mol. The van der Waals surface area contributed by atoms with Gasteiger partial charge in [-0.15, -0.1) is 4.68 Å². The molecule has 0 spiro atoms. The van der Waals surface area contributed by atoms with Crippen LogP contribution in [0.3, 0.4) is 0 Å². The maximum absolute atomic E-state index is 12.5. The first-order valence-electron chi connectivity index (χ1n) is 8.58. The standard InChI is InChI=1S/C19H25N3O/c1-15-8-6-9-16(2)19(15)20-18(23)14-21-12-7-13-22(21)17-10-4-3-5-11-17/h6-9,12-13,17H,3-5,10-11,14H2,1-2H3/p+1. The topological polar surface area (TPSA) is 37.9 Å². The molecule has 1 saturated carbocycles. The number of hydrogen-bond acceptors (Lipinski definition) is 1. The van der Waals surface area contributed by atoms with E-state index >= 15 is 0 Å². The van der Waals surface area contributed by atoms with E-state index in [1.807, 2.05) is 49.0 Å². The van der Waals surface area contributed by atoms with E-state index in [2.05, 4.69) is 16.2 Å². The molecule has 1 N–H and O–H groups in total. The molecule has 1 aromatic heterocycles. The minimum Gasteiger partial charge on any atom is -0.320 e. The van der Waals surface area contributed by atoms with Crippen molar-refractivity contribution in [3.05, 3.63) is 47.8 Å². The van der Waals surface area contributed by atoms with Crippen LogP contribution in [-0.2, 0) is 11.3 Å². The predicted molar refractivity (Wildman–Crippen MR) is 91.3 cm³/mol. The summed E-state index contributed by atoms with van der Waals surface area (Å²) >= 11 is 0. The quantitative estimate of drug-likeness (QED) is 0.862. The lowest BCUT2D eigenvalue weighted by molar-refractivity contribution is -0.767. The summed E-state index contributed by atoms with van der Waals surface area (Å²) in [5, 5.41) is 3.07. The summed E-state index contributed by atoms with van der Waals surface area (Å²) in [4.78, 5) is 12.5. The first kappa shape index (κ1) is 15.8. The first-order valence-corrected chi connectivity index (χ1v) is 8.58. The van der Waals surface area contributed by atoms with Gasteiger partial charge in [-0.3, -0.25) is 4.79 Å². The maximum Gasteiger partial charge on any atom is 0.292 e. The first-order chi connectivity index (χ1) is 11.1. The van der Waals surface area contributed by atoms with E-state index in [0.717, 1.165) is 16.8 Å². The van der Waals surface area contributed by atoms with Gasteiger partial charge in [0.1, 0.15) is 0 Å². The highest BCUT2D eigenvalue weighted by molar-refractivity contribution is 5.91. The molecule has 1 fully saturated rings. The van der Waals surface area contributed by atoms with Crippen molar-refractivity contribution < 1.29 is 9.48 Å². The summed E-state index contributed by atoms with van der Waals surface area (Å²) in [6.45, 7) is 4.41. The van der Waals surface area contributed by atoms with Crippen molar-refractivity contribution in [2.24, 2.45) is 0 Å². The molecule has 4 nitrogen and oxygen atoms in total. The third-order valence-corrected chi connectivity index (χ3v) is 4.79. The number of para-hydroxylation sites is 1. The summed E-state index contributed by atoms with van der Waals surface area (Å²) in [6.07, 6.45) is 10.4. The van der Waals surface area contributed by atoms with Gasteiger partial charge in [-0.25, -0.2) is 0 Å². The van der Waals surface area contributed by atoms with Gasteiger partial charge in [0, 0.05) is 11.8 Å². The average molecular weight is 312 g/mol. The number of nitrogens with zero attached hydrogens (tertiary/aromatic N) is 2. The molecule has 3 rings (SSSR count). The molecule has 0 aliphatic heterocycles. The Balaban J connectivity index is 1.70. The fourth-order valence-corrected chi connectivity index (χ4v) is 3.54. The Bertz CT molecular complexity index is 663. The van der Waals surface area contributed by atoms with Gasteiger partial charge < -0.3 is 5.32 Å². The number of rotatable bonds is 4. The summed E-state index contributed by atoms with van der Waals surface area (Å²) in [6, 6.07) is 8.64. The van der Waals surface area contributed by atoms with E-state index in [-0.39, 0.29) is 5.91 Å². The molecule has 0 atom stereocenters. The number of hydrogen-bond donors (Lipinski definition) is 1. The van der Waals surface area contributed by atoms with Gasteiger partial charge in [-0.2, -0.15) is 4.68 Å². The second-order valence-electron chi connectivity index (χ2n) is 6.58. The number of carbonyl (C=O) groups is 1. The smallest absolute Gasteiger partial charge is 0.292 e. The number of nitrogens with one attached hydrogen (secondary N) is 1. The van der Waals surface area contributed by atoms with Crippen molar-refractivity contribution in [3.8, 4) is 0 Å². The number of benzene rings is 1. The van der Waals surface area contributed by atoms with Gasteiger partial charge in [0.25, 0.3) is 5.91 Å². The van der Waals surface area contributed by atoms with E-state index < -0.39 is 0 Å². The molecule has 4 heteroatoms. The Morgan fingerprint density at radius 1 is 1.17 bits per heavy atom. The SMILES string of the molecule is Cc1cccc(C)c1NC(=O)C[n+]1cccn1C1CCCCC1. The van der Waals surface area contributed by atoms with Crippen molar-refractivity contribution in [2.75, 3.05) is 5.32 Å². The summed E-state index contributed by atoms with van der Waals surface area (Å²) in [5.74, 6) is 0.0307. The Kier molecular flexibility index (Phi) is 4.79. The van der Waals surface area contributed by atoms with Gasteiger partial charge in [0.05, 0.1) is 12.2 Å². The summed E-state index contributed by atoms with van der Waals surface area (Å²) in [7, 11) is 0. The lowest BCUT2D eigenvalue weighted by Gasteiger charge is -2.21. The van der Waals surface area contributed by atoms with Gasteiger partial charge in [0.2, 0.25) is 6.54 Å². The number of carbonyl (C=O) groups excluding carboxylic acids is 1. The van der Waals surface area contributed by atoms with Crippen LogP contribution < -0.4 is 10.00 Å². The van der Waals surface area contributed by atoms with Crippen molar-refractivity contribution in [3.63, 3.8) is 0 Å². The van der Waals surface area contributed by atoms with Crippen molar-refractivity contribution >= 4 is 11.6 Å². The molecule has 0 bridgehead atoms. The average Bonchev–Trinajstić information content (AvgIpc) is 3.00. The Morgan fingerprint density at radius 3 is 2.57 bits per heavy atom. The summed E-state index contributed by atoms with van der Waals surface area (Å²) < 4.78 is 4.28. The highest BCUT2D eigenvalue weighted by atomic mass is 16.2. The number of aromatic nitrogens is 2. The van der Waals surface area contributed by atoms with Crippen LogP contribution in [-0.4, -0.2) is 10.6 Å². The van der Waals surface area contributed by atoms with Crippen LogP contribution in [0.25, 0.3) is 0 Å². The number of amides is 1. The van der Waals surface area contributed by atoms with Crippen molar-refractivity contribution in [2.45, 2.75) is 58.5 Å². The molecule has 1 amide bonds. The van der Waals surface area contributed by atoms with Crippen molar-refractivity contribution in [1.29, 1.82) is 0 Å². The van der Waals surface area contributed by atoms with Crippen LogP contribution in [0, 0.1) is 13.8 Å². The van der Waals surface area contributed by atoms with E-state index in [4.69, 9.17) is 0 Å². The minimum absolute atomic E-state index is 0.0307. The number of anilines is 1. The molecule has 122 valence electrons. The van der Waals surface area contributed by atoms with Crippen LogP contribution in [0.5, 0.6) is 0 Å². The predicted octanol–water partition coefficient (Wildman–Crippen LogP) is 3.54. The van der Waals surface area contributed by atoms with Crippen LogP contribution >= 0.6 is 0 Å². The fraction of sp³-hybridized carbons (Fsp3) is 0.474. The largest absolute Gasteiger partial charge is 0.320 e.